The third-order valence-corrected chi connectivity index (χ3v) is 4.71. The molecule has 0 spiro atoms. The highest BCUT2D eigenvalue weighted by Gasteiger charge is 2.14. The molecule has 0 amide bonds. The molecule has 8 nitrogen and oxygen atoms in total. The lowest BCUT2D eigenvalue weighted by Gasteiger charge is -2.12. The molecule has 3 rings (SSSR count). The third-order valence-electron chi connectivity index (χ3n) is 4.71. The average Bonchev–Trinajstić information content (AvgIpc) is 3.29. The second-order valence-electron chi connectivity index (χ2n) is 6.92. The number of ether oxygens (including phenoxy) is 1. The fourth-order valence-corrected chi connectivity index (χ4v) is 3.29. The second-order valence-corrected chi connectivity index (χ2v) is 6.92. The van der Waals surface area contributed by atoms with E-state index in [1.54, 1.807) is 6.26 Å². The second kappa shape index (κ2) is 11.5. The average molecular weight is 389 g/mol. The van der Waals surface area contributed by atoms with Gasteiger partial charge in [0, 0.05) is 45.6 Å². The summed E-state index contributed by atoms with van der Waals surface area (Å²) in [5, 5.41) is 15.4. The maximum absolute atomic E-state index is 5.59. The molecule has 8 heteroatoms. The molecule has 2 aromatic rings. The van der Waals surface area contributed by atoms with Gasteiger partial charge in [-0.25, -0.2) is 0 Å². The summed E-state index contributed by atoms with van der Waals surface area (Å²) in [6.07, 6.45) is 8.15. The molecular weight excluding hydrogens is 356 g/mol. The van der Waals surface area contributed by atoms with Gasteiger partial charge in [-0.3, -0.25) is 4.99 Å². The molecule has 0 aromatic carbocycles. The van der Waals surface area contributed by atoms with Crippen molar-refractivity contribution in [1.29, 1.82) is 0 Å². The molecule has 1 aliphatic rings. The zero-order valence-electron chi connectivity index (χ0n) is 16.8. The van der Waals surface area contributed by atoms with E-state index in [4.69, 9.17) is 9.15 Å². The van der Waals surface area contributed by atoms with Gasteiger partial charge in [0.25, 0.3) is 0 Å². The Hall–Kier alpha value is -2.35. The number of furan rings is 1. The van der Waals surface area contributed by atoms with Gasteiger partial charge >= 0.3 is 0 Å². The first-order chi connectivity index (χ1) is 13.9. The van der Waals surface area contributed by atoms with E-state index in [2.05, 4.69) is 37.3 Å². The lowest BCUT2D eigenvalue weighted by molar-refractivity contribution is 0.105. The minimum atomic E-state index is 0.512. The van der Waals surface area contributed by atoms with Crippen molar-refractivity contribution >= 4 is 5.96 Å². The number of aliphatic imine (C=N–C) groups is 1. The first kappa shape index (κ1) is 20.4. The summed E-state index contributed by atoms with van der Waals surface area (Å²) in [5.74, 6) is 3.91. The van der Waals surface area contributed by atoms with Gasteiger partial charge in [0.15, 0.2) is 5.96 Å². The molecule has 0 radical (unpaired) electrons. The van der Waals surface area contributed by atoms with Gasteiger partial charge in [0.05, 0.1) is 6.26 Å². The van der Waals surface area contributed by atoms with Gasteiger partial charge in [-0.2, -0.15) is 0 Å². The van der Waals surface area contributed by atoms with E-state index in [9.17, 15) is 0 Å². The monoisotopic (exact) mass is 388 g/mol. The molecule has 1 aliphatic heterocycles. The van der Waals surface area contributed by atoms with E-state index in [0.29, 0.717) is 19.8 Å². The van der Waals surface area contributed by atoms with Crippen LogP contribution in [0.4, 0.5) is 0 Å². The molecule has 0 fully saturated rings. The van der Waals surface area contributed by atoms with Gasteiger partial charge in [0.2, 0.25) is 0 Å². The first-order valence-corrected chi connectivity index (χ1v) is 10.4. The molecule has 2 aromatic heterocycles. The number of aromatic nitrogens is 3. The minimum absolute atomic E-state index is 0.512. The number of rotatable bonds is 10. The molecule has 0 unspecified atom stereocenters. The molecular formula is C20H32N6O2. The minimum Gasteiger partial charge on any atom is -0.467 e. The Labute approximate surface area is 166 Å². The number of guanidine groups is 1. The fourth-order valence-electron chi connectivity index (χ4n) is 3.29. The fraction of sp³-hybridized carbons (Fsp3) is 0.650. The van der Waals surface area contributed by atoms with Crippen LogP contribution in [0.25, 0.3) is 0 Å². The largest absolute Gasteiger partial charge is 0.467 e. The molecule has 0 bridgehead atoms. The van der Waals surface area contributed by atoms with Crippen LogP contribution in [0.5, 0.6) is 0 Å². The summed E-state index contributed by atoms with van der Waals surface area (Å²) in [5.41, 5.74) is 0. The van der Waals surface area contributed by atoms with Crippen molar-refractivity contribution in [3.05, 3.63) is 35.8 Å². The van der Waals surface area contributed by atoms with Crippen LogP contribution in [0.15, 0.2) is 27.8 Å². The standard InChI is InChI=1S/C20H32N6O2/c1-2-21-20(22-11-7-14-27-16-17-8-6-15-28-17)23-12-10-19-25-24-18-9-4-3-5-13-26(18)19/h6,8,15H,2-5,7,9-14,16H2,1H3,(H2,21,22,23). The summed E-state index contributed by atoms with van der Waals surface area (Å²) >= 11 is 0. The zero-order valence-corrected chi connectivity index (χ0v) is 16.8. The number of hydrogen-bond donors (Lipinski definition) is 2. The summed E-state index contributed by atoms with van der Waals surface area (Å²) in [6, 6.07) is 3.79. The quantitative estimate of drug-likeness (QED) is 0.369. The summed E-state index contributed by atoms with van der Waals surface area (Å²) < 4.78 is 13.1. The van der Waals surface area contributed by atoms with Crippen molar-refractivity contribution in [2.45, 2.75) is 58.6 Å². The Bertz CT molecular complexity index is 710. The normalized spacial score (nSPS) is 14.5. The number of nitrogens with one attached hydrogen (secondary N) is 2. The topological polar surface area (TPSA) is 89.5 Å². The van der Waals surface area contributed by atoms with Crippen molar-refractivity contribution in [2.75, 3.05) is 26.2 Å². The predicted molar refractivity (Wildman–Crippen MR) is 108 cm³/mol. The molecule has 2 N–H and O–H groups in total. The Morgan fingerprint density at radius 2 is 2.25 bits per heavy atom. The Balaban J connectivity index is 1.36. The number of hydrogen-bond acceptors (Lipinski definition) is 5. The summed E-state index contributed by atoms with van der Waals surface area (Å²) in [6.45, 7) is 6.63. The SMILES string of the molecule is CCNC(=NCCCOCc1ccco1)NCCc1nnc2n1CCCCC2. The van der Waals surface area contributed by atoms with E-state index in [1.165, 1.54) is 19.3 Å². The lowest BCUT2D eigenvalue weighted by atomic mass is 10.2. The van der Waals surface area contributed by atoms with Crippen molar-refractivity contribution in [3.8, 4) is 0 Å². The van der Waals surface area contributed by atoms with Crippen LogP contribution >= 0.6 is 0 Å². The van der Waals surface area contributed by atoms with Crippen molar-refractivity contribution in [1.82, 2.24) is 25.4 Å². The molecule has 28 heavy (non-hydrogen) atoms. The van der Waals surface area contributed by atoms with Crippen LogP contribution in [0.2, 0.25) is 0 Å². The maximum atomic E-state index is 5.59. The maximum Gasteiger partial charge on any atom is 0.191 e. The molecule has 0 saturated heterocycles. The van der Waals surface area contributed by atoms with Crippen molar-refractivity contribution < 1.29 is 9.15 Å². The van der Waals surface area contributed by atoms with Crippen molar-refractivity contribution in [2.24, 2.45) is 4.99 Å². The lowest BCUT2D eigenvalue weighted by Crippen LogP contribution is -2.38. The van der Waals surface area contributed by atoms with E-state index >= 15 is 0 Å². The van der Waals surface area contributed by atoms with Crippen LogP contribution in [-0.4, -0.2) is 47.0 Å². The molecule has 154 valence electrons. The van der Waals surface area contributed by atoms with Crippen LogP contribution in [-0.2, 0) is 30.7 Å². The zero-order chi connectivity index (χ0) is 19.4. The van der Waals surface area contributed by atoms with E-state index in [0.717, 1.165) is 62.3 Å². The Kier molecular flexibility index (Phi) is 8.36. The predicted octanol–water partition coefficient (Wildman–Crippen LogP) is 2.30. The molecule has 3 heterocycles. The molecule has 0 saturated carbocycles. The summed E-state index contributed by atoms with van der Waals surface area (Å²) in [4.78, 5) is 4.62. The number of nitrogens with zero attached hydrogens (tertiary/aromatic N) is 4. The van der Waals surface area contributed by atoms with Crippen molar-refractivity contribution in [3.63, 3.8) is 0 Å². The third kappa shape index (κ3) is 6.37. The van der Waals surface area contributed by atoms with Gasteiger partial charge in [0.1, 0.15) is 24.0 Å². The Morgan fingerprint density at radius 3 is 3.11 bits per heavy atom. The van der Waals surface area contributed by atoms with E-state index in [-0.39, 0.29) is 0 Å². The number of aryl methyl sites for hydroxylation is 1. The summed E-state index contributed by atoms with van der Waals surface area (Å²) in [7, 11) is 0. The Morgan fingerprint density at radius 1 is 1.29 bits per heavy atom. The van der Waals surface area contributed by atoms with Crippen LogP contribution in [0.3, 0.4) is 0 Å². The van der Waals surface area contributed by atoms with E-state index < -0.39 is 0 Å². The smallest absolute Gasteiger partial charge is 0.191 e. The van der Waals surface area contributed by atoms with Crippen LogP contribution in [0.1, 0.15) is 50.0 Å². The molecule has 0 aliphatic carbocycles. The highest BCUT2D eigenvalue weighted by molar-refractivity contribution is 5.79. The van der Waals surface area contributed by atoms with Gasteiger partial charge in [-0.1, -0.05) is 6.42 Å². The molecule has 0 atom stereocenters. The number of fused-ring (bicyclic) bond motifs is 1. The van der Waals surface area contributed by atoms with Gasteiger partial charge in [-0.05, 0) is 38.3 Å². The van der Waals surface area contributed by atoms with Gasteiger partial charge in [-0.15, -0.1) is 10.2 Å². The van der Waals surface area contributed by atoms with Gasteiger partial charge < -0.3 is 24.4 Å². The first-order valence-electron chi connectivity index (χ1n) is 10.4. The van der Waals surface area contributed by atoms with Crippen LogP contribution in [0, 0.1) is 0 Å². The highest BCUT2D eigenvalue weighted by atomic mass is 16.5. The van der Waals surface area contributed by atoms with Crippen LogP contribution < -0.4 is 10.6 Å². The van der Waals surface area contributed by atoms with E-state index in [1.807, 2.05) is 12.1 Å². The highest BCUT2D eigenvalue weighted by Crippen LogP contribution is 2.14.